The summed E-state index contributed by atoms with van der Waals surface area (Å²) in [6.07, 6.45) is 1.70. The molecule has 0 amide bonds. The fourth-order valence-electron chi connectivity index (χ4n) is 0.0645. The summed E-state index contributed by atoms with van der Waals surface area (Å²) in [5.74, 6) is 0. The maximum atomic E-state index is 9.54. The van der Waals surface area contributed by atoms with Gasteiger partial charge in [0.2, 0.25) is 0 Å². The van der Waals surface area contributed by atoms with Gasteiger partial charge < -0.3 is 0 Å². The minimum Gasteiger partial charge on any atom is -0.159 e. The SMILES string of the molecule is CC[N+](C)=C=O. The second-order valence-electron chi connectivity index (χ2n) is 1.11. The third-order valence-electron chi connectivity index (χ3n) is 0.630. The van der Waals surface area contributed by atoms with E-state index in [4.69, 9.17) is 0 Å². The summed E-state index contributed by atoms with van der Waals surface area (Å²) < 4.78 is 1.44. The Morgan fingerprint density at radius 1 is 1.83 bits per heavy atom. The lowest BCUT2D eigenvalue weighted by atomic mass is 10.7. The molecular weight excluding hydrogens is 78.0 g/mol. The number of hydrogen-bond donors (Lipinski definition) is 0. The van der Waals surface area contributed by atoms with Gasteiger partial charge in [-0.3, -0.25) is 0 Å². The van der Waals surface area contributed by atoms with Gasteiger partial charge in [0.15, 0.2) is 6.54 Å². The molecule has 0 spiro atoms. The van der Waals surface area contributed by atoms with Crippen molar-refractivity contribution in [2.75, 3.05) is 13.6 Å². The van der Waals surface area contributed by atoms with Crippen LogP contribution in [-0.2, 0) is 4.79 Å². The van der Waals surface area contributed by atoms with Gasteiger partial charge in [-0.1, -0.05) is 0 Å². The Bertz CT molecular complexity index is 81.5. The van der Waals surface area contributed by atoms with Crippen LogP contribution >= 0.6 is 0 Å². The molecule has 0 rings (SSSR count). The Morgan fingerprint density at radius 2 is 2.33 bits per heavy atom. The maximum Gasteiger partial charge on any atom is 0.423 e. The molecule has 0 saturated heterocycles. The first kappa shape index (κ1) is 5.38. The zero-order chi connectivity index (χ0) is 4.99. The minimum absolute atomic E-state index is 0.740. The summed E-state index contributed by atoms with van der Waals surface area (Å²) in [5.41, 5.74) is 0. The largest absolute Gasteiger partial charge is 0.423 e. The van der Waals surface area contributed by atoms with E-state index < -0.39 is 0 Å². The normalized spacial score (nSPS) is 7.00. The van der Waals surface area contributed by atoms with Crippen molar-refractivity contribution >= 4 is 6.08 Å². The molecule has 0 aliphatic rings. The topological polar surface area (TPSA) is 20.1 Å². The number of isocyanates is 1. The van der Waals surface area contributed by atoms with E-state index in [0.29, 0.717) is 0 Å². The Balaban J connectivity index is 3.52. The molecule has 0 bridgehead atoms. The van der Waals surface area contributed by atoms with Gasteiger partial charge in [-0.15, -0.1) is 0 Å². The molecular formula is C4H8NO+. The molecule has 34 valence electrons. The molecule has 0 aliphatic heterocycles. The summed E-state index contributed by atoms with van der Waals surface area (Å²) in [5, 5.41) is 0. The molecule has 0 atom stereocenters. The van der Waals surface area contributed by atoms with Crippen molar-refractivity contribution in [1.82, 2.24) is 0 Å². The van der Waals surface area contributed by atoms with Gasteiger partial charge in [-0.25, -0.2) is 0 Å². The van der Waals surface area contributed by atoms with Crippen LogP contribution < -0.4 is 0 Å². The third kappa shape index (κ3) is 1.68. The predicted octanol–water partition coefficient (Wildman–Crippen LogP) is -0.0156. The Morgan fingerprint density at radius 3 is 2.33 bits per heavy atom. The van der Waals surface area contributed by atoms with E-state index in [1.54, 1.807) is 13.1 Å². The molecule has 0 radical (unpaired) electrons. The second kappa shape index (κ2) is 2.61. The van der Waals surface area contributed by atoms with Crippen LogP contribution in [0.1, 0.15) is 6.92 Å². The maximum absolute atomic E-state index is 9.54. The van der Waals surface area contributed by atoms with Crippen LogP contribution in [0.3, 0.4) is 0 Å². The summed E-state index contributed by atoms with van der Waals surface area (Å²) in [6, 6.07) is 0. The number of rotatable bonds is 1. The van der Waals surface area contributed by atoms with Gasteiger partial charge in [0.05, 0.1) is 0 Å². The van der Waals surface area contributed by atoms with Gasteiger partial charge in [0, 0.05) is 0 Å². The Hall–Kier alpha value is -0.620. The molecule has 0 N–H and O–H groups in total. The first-order valence-electron chi connectivity index (χ1n) is 1.90. The lowest BCUT2D eigenvalue weighted by Crippen LogP contribution is -2.00. The Labute approximate surface area is 37.1 Å². The molecule has 0 aromatic rings. The highest BCUT2D eigenvalue weighted by Gasteiger charge is 1.80. The number of nitrogens with zero attached hydrogens (tertiary/aromatic N) is 1. The number of hydrogen-bond acceptors (Lipinski definition) is 1. The molecule has 0 aromatic carbocycles. The van der Waals surface area contributed by atoms with Crippen molar-refractivity contribution in [3.8, 4) is 0 Å². The second-order valence-corrected chi connectivity index (χ2v) is 1.11. The van der Waals surface area contributed by atoms with E-state index in [1.165, 1.54) is 4.58 Å². The van der Waals surface area contributed by atoms with E-state index in [-0.39, 0.29) is 0 Å². The van der Waals surface area contributed by atoms with Crippen molar-refractivity contribution in [2.45, 2.75) is 6.92 Å². The van der Waals surface area contributed by atoms with Crippen LogP contribution in [0, 0.1) is 0 Å². The molecule has 0 aromatic heterocycles. The van der Waals surface area contributed by atoms with Crippen LogP contribution in [0.2, 0.25) is 0 Å². The monoisotopic (exact) mass is 86.1 g/mol. The minimum atomic E-state index is 0.740. The average molecular weight is 86.1 g/mol. The average Bonchev–Trinajstić information content (AvgIpc) is 1.65. The van der Waals surface area contributed by atoms with Crippen molar-refractivity contribution in [3.05, 3.63) is 0 Å². The van der Waals surface area contributed by atoms with Crippen molar-refractivity contribution in [3.63, 3.8) is 0 Å². The quantitative estimate of drug-likeness (QED) is 0.249. The van der Waals surface area contributed by atoms with Gasteiger partial charge in [-0.2, -0.15) is 9.37 Å². The van der Waals surface area contributed by atoms with Crippen LogP contribution in [0.4, 0.5) is 0 Å². The van der Waals surface area contributed by atoms with E-state index in [1.807, 2.05) is 6.92 Å². The zero-order valence-corrected chi connectivity index (χ0v) is 4.06. The molecule has 0 fully saturated rings. The zero-order valence-electron chi connectivity index (χ0n) is 4.06. The molecule has 0 unspecified atom stereocenters. The molecule has 0 saturated carbocycles. The van der Waals surface area contributed by atoms with E-state index in [2.05, 4.69) is 0 Å². The first-order chi connectivity index (χ1) is 2.81. The summed E-state index contributed by atoms with van der Waals surface area (Å²) in [6.45, 7) is 2.63. The molecule has 0 heterocycles. The molecule has 0 aliphatic carbocycles. The third-order valence-corrected chi connectivity index (χ3v) is 0.630. The van der Waals surface area contributed by atoms with Crippen LogP contribution in [-0.4, -0.2) is 24.2 Å². The van der Waals surface area contributed by atoms with Crippen molar-refractivity contribution in [2.24, 2.45) is 0 Å². The molecule has 6 heavy (non-hydrogen) atoms. The van der Waals surface area contributed by atoms with Gasteiger partial charge in [0.1, 0.15) is 7.05 Å². The van der Waals surface area contributed by atoms with Crippen LogP contribution in [0.25, 0.3) is 0 Å². The number of carbonyl (C=O) groups excluding carboxylic acids is 1. The van der Waals surface area contributed by atoms with Gasteiger partial charge >= 0.3 is 6.08 Å². The first-order valence-corrected chi connectivity index (χ1v) is 1.90. The van der Waals surface area contributed by atoms with E-state index in [0.717, 1.165) is 6.54 Å². The molecule has 2 heteroatoms. The van der Waals surface area contributed by atoms with Gasteiger partial charge in [0.25, 0.3) is 0 Å². The summed E-state index contributed by atoms with van der Waals surface area (Å²) in [4.78, 5) is 9.54. The lowest BCUT2D eigenvalue weighted by molar-refractivity contribution is -0.490. The van der Waals surface area contributed by atoms with Crippen LogP contribution in [0.5, 0.6) is 0 Å². The summed E-state index contributed by atoms with van der Waals surface area (Å²) >= 11 is 0. The fourth-order valence-corrected chi connectivity index (χ4v) is 0.0645. The van der Waals surface area contributed by atoms with Crippen LogP contribution in [0.15, 0.2) is 0 Å². The fraction of sp³-hybridized carbons (Fsp3) is 0.750. The Kier molecular flexibility index (Phi) is 2.34. The summed E-state index contributed by atoms with van der Waals surface area (Å²) in [7, 11) is 1.69. The van der Waals surface area contributed by atoms with E-state index in [9.17, 15) is 4.79 Å². The van der Waals surface area contributed by atoms with Gasteiger partial charge in [-0.05, 0) is 6.92 Å². The molecule has 2 nitrogen and oxygen atoms in total. The lowest BCUT2D eigenvalue weighted by Gasteiger charge is -1.73. The smallest absolute Gasteiger partial charge is 0.159 e. The van der Waals surface area contributed by atoms with Crippen molar-refractivity contribution in [1.29, 1.82) is 0 Å². The highest BCUT2D eigenvalue weighted by Crippen LogP contribution is 1.54. The van der Waals surface area contributed by atoms with Crippen molar-refractivity contribution < 1.29 is 9.37 Å². The predicted molar refractivity (Wildman–Crippen MR) is 22.4 cm³/mol. The standard InChI is InChI=1S/C4H8NO/c1-3-5(2)4-6/h3H2,1-2H3/q+1. The van der Waals surface area contributed by atoms with E-state index >= 15 is 0 Å². The highest BCUT2D eigenvalue weighted by atomic mass is 16.1. The highest BCUT2D eigenvalue weighted by molar-refractivity contribution is 5.24.